The first-order valence-corrected chi connectivity index (χ1v) is 19.0. The van der Waals surface area contributed by atoms with E-state index in [4.69, 9.17) is 32.9 Å². The van der Waals surface area contributed by atoms with Gasteiger partial charge in [-0.05, 0) is 41.0 Å². The highest BCUT2D eigenvalue weighted by molar-refractivity contribution is 5.49. The van der Waals surface area contributed by atoms with E-state index in [0.29, 0.717) is 11.5 Å². The molecule has 0 radical (unpaired) electrons. The van der Waals surface area contributed by atoms with E-state index in [0.717, 1.165) is 27.3 Å². The lowest BCUT2D eigenvalue weighted by Gasteiger charge is -2.37. The standard InChI is InChI=1S/C42H41FN6O11/c1-54-27-13-9-25(10-14-27)42(24-7-5-4-6-8-24,26-11-15-28(55-2)16-12-26)57-23-32-29(36(43)39(59-32)49-20-18-35(51)46-41(49)53)21-33-44-37(60-47-33)30-22-31(56-3)38(58-30)48-19-17-34(50)45-40(48)52/h4-20,29-32,36,38-39H,21-23H2,1-3H3,(H,45,50,52)(H,46,51,53)/t29-,30+,31-,32-,36-,38-,39-/m1/s1. The number of H-pyrrole nitrogens is 2. The fourth-order valence-corrected chi connectivity index (χ4v) is 7.88. The van der Waals surface area contributed by atoms with Crippen molar-refractivity contribution < 1.29 is 37.3 Å². The molecule has 2 saturated heterocycles. The summed E-state index contributed by atoms with van der Waals surface area (Å²) in [5.41, 5.74) is -1.81. The van der Waals surface area contributed by atoms with Gasteiger partial charge in [0.2, 0.25) is 0 Å². The number of hydrogen-bond acceptors (Lipinski definition) is 13. The van der Waals surface area contributed by atoms with Crippen LogP contribution in [-0.4, -0.2) is 75.6 Å². The van der Waals surface area contributed by atoms with Gasteiger partial charge in [0.1, 0.15) is 29.3 Å². The van der Waals surface area contributed by atoms with Crippen molar-refractivity contribution in [2.24, 2.45) is 5.92 Å². The van der Waals surface area contributed by atoms with Crippen molar-refractivity contribution in [3.05, 3.63) is 173 Å². The predicted octanol–water partition coefficient (Wildman–Crippen LogP) is 3.57. The van der Waals surface area contributed by atoms with Gasteiger partial charge in [-0.3, -0.25) is 28.7 Å². The van der Waals surface area contributed by atoms with Crippen molar-refractivity contribution >= 4 is 0 Å². The topological polar surface area (TPSA) is 204 Å². The van der Waals surface area contributed by atoms with Gasteiger partial charge in [-0.25, -0.2) is 14.0 Å². The highest BCUT2D eigenvalue weighted by Crippen LogP contribution is 2.45. The summed E-state index contributed by atoms with van der Waals surface area (Å²) in [7, 11) is 4.61. The van der Waals surface area contributed by atoms with Crippen LogP contribution in [0.25, 0.3) is 0 Å². The maximum absolute atomic E-state index is 17.0. The van der Waals surface area contributed by atoms with Gasteiger partial charge in [-0.1, -0.05) is 59.8 Å². The molecule has 8 rings (SSSR count). The average molecular weight is 825 g/mol. The molecular formula is C42H41FN6O11. The molecule has 2 aliphatic heterocycles. The summed E-state index contributed by atoms with van der Waals surface area (Å²) >= 11 is 0. The van der Waals surface area contributed by atoms with Gasteiger partial charge in [0.05, 0.1) is 26.9 Å². The molecule has 0 aliphatic carbocycles. The van der Waals surface area contributed by atoms with Crippen molar-refractivity contribution in [1.82, 2.24) is 29.2 Å². The van der Waals surface area contributed by atoms with E-state index in [1.807, 2.05) is 78.9 Å². The lowest BCUT2D eigenvalue weighted by Crippen LogP contribution is -2.38. The molecule has 0 spiro atoms. The van der Waals surface area contributed by atoms with E-state index in [1.54, 1.807) is 14.2 Å². The normalized spacial score (nSPS) is 22.8. The number of ether oxygens (including phenoxy) is 6. The Morgan fingerprint density at radius 3 is 1.87 bits per heavy atom. The van der Waals surface area contributed by atoms with Crippen LogP contribution in [-0.2, 0) is 31.0 Å². The molecule has 17 nitrogen and oxygen atoms in total. The summed E-state index contributed by atoms with van der Waals surface area (Å²) in [5.74, 6) is 0.422. The molecule has 18 heteroatoms. The molecule has 0 saturated carbocycles. The third kappa shape index (κ3) is 7.72. The summed E-state index contributed by atoms with van der Waals surface area (Å²) in [6.07, 6.45) is -4.05. The molecule has 3 aromatic carbocycles. The number of aromatic amines is 2. The number of halogens is 1. The van der Waals surface area contributed by atoms with Crippen LogP contribution in [0.15, 0.2) is 127 Å². The van der Waals surface area contributed by atoms with Crippen LogP contribution in [0, 0.1) is 5.92 Å². The first-order valence-electron chi connectivity index (χ1n) is 19.0. The van der Waals surface area contributed by atoms with E-state index in [9.17, 15) is 19.2 Å². The zero-order valence-electron chi connectivity index (χ0n) is 32.6. The van der Waals surface area contributed by atoms with Gasteiger partial charge in [0, 0.05) is 50.4 Å². The smallest absolute Gasteiger partial charge is 0.330 e. The van der Waals surface area contributed by atoms with Crippen LogP contribution < -0.4 is 32.0 Å². The van der Waals surface area contributed by atoms with Gasteiger partial charge in [-0.2, -0.15) is 4.98 Å². The SMILES string of the molecule is COc1ccc(C(OC[C@H]2O[C@@H](n3ccc(=O)[nH]c3=O)[C@H](F)[C@@H]2Cc2noc([C@@H]3C[C@@H](OC)[C@H](n4ccc(=O)[nH]c4=O)O3)n2)(c2ccccc2)c2ccc(OC)cc2)cc1. The molecule has 0 amide bonds. The molecule has 2 fully saturated rings. The second-order valence-electron chi connectivity index (χ2n) is 14.3. The summed E-state index contributed by atoms with van der Waals surface area (Å²) in [5, 5.41) is 4.16. The summed E-state index contributed by atoms with van der Waals surface area (Å²) in [4.78, 5) is 58.2. The molecule has 7 atom stereocenters. The molecule has 0 unspecified atom stereocenters. The second kappa shape index (κ2) is 17.0. The monoisotopic (exact) mass is 824 g/mol. The molecule has 3 aromatic heterocycles. The number of alkyl halides is 1. The molecule has 6 aromatic rings. The van der Waals surface area contributed by atoms with Gasteiger partial charge >= 0.3 is 11.4 Å². The quantitative estimate of drug-likeness (QED) is 0.151. The molecule has 312 valence electrons. The first-order chi connectivity index (χ1) is 29.1. The zero-order valence-corrected chi connectivity index (χ0v) is 32.6. The summed E-state index contributed by atoms with van der Waals surface area (Å²) < 4.78 is 60.9. The number of methoxy groups -OCH3 is 3. The molecule has 2 aliphatic rings. The largest absolute Gasteiger partial charge is 0.497 e. The van der Waals surface area contributed by atoms with Gasteiger partial charge < -0.3 is 32.9 Å². The lowest BCUT2D eigenvalue weighted by atomic mass is 9.80. The van der Waals surface area contributed by atoms with Gasteiger partial charge in [0.15, 0.2) is 24.5 Å². The minimum absolute atomic E-state index is 0.0599. The number of rotatable bonds is 14. The van der Waals surface area contributed by atoms with E-state index in [-0.39, 0.29) is 31.2 Å². The minimum Gasteiger partial charge on any atom is -0.497 e. The van der Waals surface area contributed by atoms with Crippen LogP contribution >= 0.6 is 0 Å². The lowest BCUT2D eigenvalue weighted by molar-refractivity contribution is -0.0875. The van der Waals surface area contributed by atoms with Crippen LogP contribution in [0.4, 0.5) is 4.39 Å². The van der Waals surface area contributed by atoms with Crippen molar-refractivity contribution in [3.8, 4) is 11.5 Å². The molecule has 2 N–H and O–H groups in total. The molecule has 5 heterocycles. The third-order valence-electron chi connectivity index (χ3n) is 10.9. The Labute approximate surface area is 340 Å². The second-order valence-corrected chi connectivity index (χ2v) is 14.3. The average Bonchev–Trinajstić information content (AvgIpc) is 4.00. The Morgan fingerprint density at radius 1 is 0.750 bits per heavy atom. The Kier molecular flexibility index (Phi) is 11.4. The van der Waals surface area contributed by atoms with Crippen LogP contribution in [0.2, 0.25) is 0 Å². The molecular weight excluding hydrogens is 783 g/mol. The van der Waals surface area contributed by atoms with Crippen molar-refractivity contribution in [1.29, 1.82) is 0 Å². The van der Waals surface area contributed by atoms with Crippen LogP contribution in [0.3, 0.4) is 0 Å². The summed E-state index contributed by atoms with van der Waals surface area (Å²) in [6.45, 7) is -0.200. The van der Waals surface area contributed by atoms with E-state index < -0.39 is 71.0 Å². The van der Waals surface area contributed by atoms with Gasteiger partial charge in [0.25, 0.3) is 17.0 Å². The van der Waals surface area contributed by atoms with E-state index >= 15 is 4.39 Å². The minimum atomic E-state index is -1.82. The van der Waals surface area contributed by atoms with Crippen LogP contribution in [0.5, 0.6) is 11.5 Å². The predicted molar refractivity (Wildman–Crippen MR) is 209 cm³/mol. The Morgan fingerprint density at radius 2 is 1.32 bits per heavy atom. The number of nitrogens with zero attached hydrogens (tertiary/aromatic N) is 4. The Balaban J connectivity index is 1.14. The maximum Gasteiger partial charge on any atom is 0.330 e. The van der Waals surface area contributed by atoms with Crippen molar-refractivity contribution in [2.45, 2.75) is 55.4 Å². The van der Waals surface area contributed by atoms with Crippen LogP contribution in [0.1, 0.15) is 53.4 Å². The number of aromatic nitrogens is 6. The molecule has 60 heavy (non-hydrogen) atoms. The number of benzene rings is 3. The highest BCUT2D eigenvalue weighted by Gasteiger charge is 2.49. The van der Waals surface area contributed by atoms with Crippen molar-refractivity contribution in [3.63, 3.8) is 0 Å². The number of hydrogen-bond donors (Lipinski definition) is 2. The van der Waals surface area contributed by atoms with Crippen molar-refractivity contribution in [2.75, 3.05) is 27.9 Å². The maximum atomic E-state index is 17.0. The van der Waals surface area contributed by atoms with E-state index in [1.165, 1.54) is 30.1 Å². The highest BCUT2D eigenvalue weighted by atomic mass is 19.1. The number of nitrogens with one attached hydrogen (secondary N) is 2. The third-order valence-corrected chi connectivity index (χ3v) is 10.9. The summed E-state index contributed by atoms with van der Waals surface area (Å²) in [6, 6.07) is 26.7. The molecule has 0 bridgehead atoms. The Bertz CT molecular complexity index is 2600. The van der Waals surface area contributed by atoms with Gasteiger partial charge in [-0.15, -0.1) is 0 Å². The zero-order chi connectivity index (χ0) is 42.0. The fourth-order valence-electron chi connectivity index (χ4n) is 7.88. The van der Waals surface area contributed by atoms with E-state index in [2.05, 4.69) is 20.1 Å². The fraction of sp³-hybridized carbons (Fsp3) is 0.333. The first kappa shape index (κ1) is 40.3. The Hall–Kier alpha value is -6.47.